The van der Waals surface area contributed by atoms with Gasteiger partial charge in [0.1, 0.15) is 17.6 Å². The first kappa shape index (κ1) is 25.5. The number of rotatable bonds is 11. The number of carbonyl (C=O) groups is 1. The summed E-state index contributed by atoms with van der Waals surface area (Å²) in [4.78, 5) is 17.0. The highest BCUT2D eigenvalue weighted by Gasteiger charge is 2.19. The van der Waals surface area contributed by atoms with Crippen LogP contribution in [0.3, 0.4) is 0 Å². The molecule has 0 amide bonds. The standard InChI is InChI=1S/C29H29ClN2O4/c1-20-26(32-28(36-20)22-8-4-3-5-9-22)16-17-35-24-14-12-21(13-15-24)18-27(29(33)34-2)31-19-23-10-6-7-11-25(23)30/h3-15,27,31H,16-19H2,1-2H3. The number of aromatic nitrogens is 1. The van der Waals surface area contributed by atoms with Crippen LogP contribution in [-0.4, -0.2) is 30.7 Å². The topological polar surface area (TPSA) is 73.6 Å². The summed E-state index contributed by atoms with van der Waals surface area (Å²) in [5.41, 5.74) is 3.75. The van der Waals surface area contributed by atoms with Gasteiger partial charge < -0.3 is 13.9 Å². The van der Waals surface area contributed by atoms with Crippen molar-refractivity contribution in [2.24, 2.45) is 0 Å². The van der Waals surface area contributed by atoms with Gasteiger partial charge in [0.05, 0.1) is 19.4 Å². The normalized spacial score (nSPS) is 11.8. The Kier molecular flexibility index (Phi) is 8.76. The highest BCUT2D eigenvalue weighted by atomic mass is 35.5. The summed E-state index contributed by atoms with van der Waals surface area (Å²) in [5.74, 6) is 1.85. The smallest absolute Gasteiger partial charge is 0.323 e. The molecule has 1 aromatic heterocycles. The van der Waals surface area contributed by atoms with Gasteiger partial charge in [-0.2, -0.15) is 0 Å². The van der Waals surface area contributed by atoms with Gasteiger partial charge in [0.2, 0.25) is 5.89 Å². The molecule has 7 heteroatoms. The predicted octanol–water partition coefficient (Wildman–Crippen LogP) is 5.80. The van der Waals surface area contributed by atoms with Crippen molar-refractivity contribution in [3.05, 3.63) is 106 Å². The second-order valence-corrected chi connectivity index (χ2v) is 8.79. The molecule has 0 bridgehead atoms. The largest absolute Gasteiger partial charge is 0.493 e. The van der Waals surface area contributed by atoms with Crippen molar-refractivity contribution in [2.45, 2.75) is 32.4 Å². The van der Waals surface area contributed by atoms with Gasteiger partial charge in [-0.25, -0.2) is 4.98 Å². The summed E-state index contributed by atoms with van der Waals surface area (Å²) in [7, 11) is 1.39. The molecule has 0 saturated heterocycles. The minimum Gasteiger partial charge on any atom is -0.493 e. The molecule has 6 nitrogen and oxygen atoms in total. The fourth-order valence-corrected chi connectivity index (χ4v) is 4.05. The van der Waals surface area contributed by atoms with E-state index in [0.29, 0.717) is 36.9 Å². The van der Waals surface area contributed by atoms with E-state index < -0.39 is 6.04 Å². The monoisotopic (exact) mass is 504 g/mol. The number of nitrogens with zero attached hydrogens (tertiary/aromatic N) is 1. The van der Waals surface area contributed by atoms with Crippen molar-refractivity contribution >= 4 is 17.6 Å². The van der Waals surface area contributed by atoms with E-state index in [9.17, 15) is 4.79 Å². The molecule has 1 N–H and O–H groups in total. The fraction of sp³-hybridized carbons (Fsp3) is 0.241. The van der Waals surface area contributed by atoms with Crippen LogP contribution in [0.4, 0.5) is 0 Å². The number of halogens is 1. The first-order valence-corrected chi connectivity index (χ1v) is 12.2. The third-order valence-corrected chi connectivity index (χ3v) is 6.24. The molecule has 0 aliphatic heterocycles. The third kappa shape index (κ3) is 6.74. The minimum absolute atomic E-state index is 0.319. The van der Waals surface area contributed by atoms with Crippen molar-refractivity contribution < 1.29 is 18.7 Å². The number of carbonyl (C=O) groups excluding carboxylic acids is 1. The van der Waals surface area contributed by atoms with Gasteiger partial charge in [0.25, 0.3) is 0 Å². The minimum atomic E-state index is -0.494. The Bertz CT molecular complexity index is 1270. The zero-order valence-corrected chi connectivity index (χ0v) is 21.1. The Morgan fingerprint density at radius 1 is 1.03 bits per heavy atom. The SMILES string of the molecule is COC(=O)C(Cc1ccc(OCCc2nc(-c3ccccc3)oc2C)cc1)NCc1ccccc1Cl. The number of hydrogen-bond acceptors (Lipinski definition) is 6. The van der Waals surface area contributed by atoms with Crippen molar-refractivity contribution in [1.29, 1.82) is 0 Å². The molecule has 0 radical (unpaired) electrons. The van der Waals surface area contributed by atoms with E-state index in [0.717, 1.165) is 33.9 Å². The molecule has 0 spiro atoms. The Morgan fingerprint density at radius 3 is 2.47 bits per heavy atom. The van der Waals surface area contributed by atoms with Crippen molar-refractivity contribution in [2.75, 3.05) is 13.7 Å². The summed E-state index contributed by atoms with van der Waals surface area (Å²) in [6.45, 7) is 2.86. The number of esters is 1. The lowest BCUT2D eigenvalue weighted by atomic mass is 10.1. The maximum absolute atomic E-state index is 12.3. The van der Waals surface area contributed by atoms with Gasteiger partial charge in [-0.1, -0.05) is 60.1 Å². The lowest BCUT2D eigenvalue weighted by Gasteiger charge is -2.17. The number of aryl methyl sites for hydroxylation is 1. The fourth-order valence-electron chi connectivity index (χ4n) is 3.84. The molecule has 0 fully saturated rings. The van der Waals surface area contributed by atoms with Crippen LogP contribution in [-0.2, 0) is 28.9 Å². The van der Waals surface area contributed by atoms with E-state index in [1.165, 1.54) is 7.11 Å². The molecule has 4 rings (SSSR count). The van der Waals surface area contributed by atoms with E-state index >= 15 is 0 Å². The number of hydrogen-bond donors (Lipinski definition) is 1. The average molecular weight is 505 g/mol. The van der Waals surface area contributed by atoms with Crippen LogP contribution in [0.1, 0.15) is 22.6 Å². The number of methoxy groups -OCH3 is 1. The van der Waals surface area contributed by atoms with Gasteiger partial charge in [-0.3, -0.25) is 10.1 Å². The van der Waals surface area contributed by atoms with E-state index in [-0.39, 0.29) is 5.97 Å². The maximum Gasteiger partial charge on any atom is 0.323 e. The summed E-state index contributed by atoms with van der Waals surface area (Å²) in [6.07, 6.45) is 1.12. The first-order chi connectivity index (χ1) is 17.5. The van der Waals surface area contributed by atoms with Crippen LogP contribution >= 0.6 is 11.6 Å². The lowest BCUT2D eigenvalue weighted by molar-refractivity contribution is -0.143. The molecular formula is C29H29ClN2O4. The van der Waals surface area contributed by atoms with Crippen LogP contribution in [0.5, 0.6) is 5.75 Å². The molecular weight excluding hydrogens is 476 g/mol. The van der Waals surface area contributed by atoms with E-state index in [1.807, 2.05) is 85.8 Å². The summed E-state index contributed by atoms with van der Waals surface area (Å²) in [6, 6.07) is 24.6. The molecule has 36 heavy (non-hydrogen) atoms. The molecule has 0 aliphatic rings. The highest BCUT2D eigenvalue weighted by Crippen LogP contribution is 2.22. The van der Waals surface area contributed by atoms with Gasteiger partial charge in [0, 0.05) is 23.6 Å². The van der Waals surface area contributed by atoms with Crippen LogP contribution in [0, 0.1) is 6.92 Å². The van der Waals surface area contributed by atoms with Crippen molar-refractivity contribution in [3.8, 4) is 17.2 Å². The van der Waals surface area contributed by atoms with Crippen LogP contribution in [0.25, 0.3) is 11.5 Å². The first-order valence-electron chi connectivity index (χ1n) is 11.8. The van der Waals surface area contributed by atoms with E-state index in [2.05, 4.69) is 10.3 Å². The Morgan fingerprint density at radius 2 is 1.75 bits per heavy atom. The number of benzene rings is 3. The van der Waals surface area contributed by atoms with Gasteiger partial charge in [0.15, 0.2) is 0 Å². The number of nitrogens with one attached hydrogen (secondary N) is 1. The molecule has 0 saturated carbocycles. The van der Waals surface area contributed by atoms with Gasteiger partial charge >= 0.3 is 5.97 Å². The Hall–Kier alpha value is -3.61. The predicted molar refractivity (Wildman–Crippen MR) is 140 cm³/mol. The summed E-state index contributed by atoms with van der Waals surface area (Å²) < 4.78 is 16.7. The zero-order valence-electron chi connectivity index (χ0n) is 20.4. The van der Waals surface area contributed by atoms with Gasteiger partial charge in [-0.15, -0.1) is 0 Å². The van der Waals surface area contributed by atoms with Gasteiger partial charge in [-0.05, 0) is 54.8 Å². The molecule has 1 unspecified atom stereocenters. The number of ether oxygens (including phenoxy) is 2. The highest BCUT2D eigenvalue weighted by molar-refractivity contribution is 6.31. The molecule has 1 heterocycles. The summed E-state index contributed by atoms with van der Waals surface area (Å²) >= 11 is 6.24. The second kappa shape index (κ2) is 12.4. The van der Waals surface area contributed by atoms with Crippen LogP contribution in [0.15, 0.2) is 83.3 Å². The van der Waals surface area contributed by atoms with Crippen LogP contribution in [0.2, 0.25) is 5.02 Å². The number of oxazole rings is 1. The molecule has 186 valence electrons. The summed E-state index contributed by atoms with van der Waals surface area (Å²) in [5, 5.41) is 3.92. The maximum atomic E-state index is 12.3. The van der Waals surface area contributed by atoms with Crippen LogP contribution < -0.4 is 10.1 Å². The van der Waals surface area contributed by atoms with Crippen molar-refractivity contribution in [3.63, 3.8) is 0 Å². The van der Waals surface area contributed by atoms with E-state index in [4.69, 9.17) is 25.5 Å². The molecule has 1 atom stereocenters. The van der Waals surface area contributed by atoms with E-state index in [1.54, 1.807) is 0 Å². The zero-order chi connectivity index (χ0) is 25.3. The molecule has 4 aromatic rings. The lowest BCUT2D eigenvalue weighted by Crippen LogP contribution is -2.39. The quantitative estimate of drug-likeness (QED) is 0.260. The second-order valence-electron chi connectivity index (χ2n) is 8.38. The van der Waals surface area contributed by atoms with Crippen molar-refractivity contribution in [1.82, 2.24) is 10.3 Å². The Balaban J connectivity index is 1.30. The third-order valence-electron chi connectivity index (χ3n) is 5.87. The average Bonchev–Trinajstić information content (AvgIpc) is 3.28. The molecule has 0 aliphatic carbocycles. The molecule has 3 aromatic carbocycles. The Labute approximate surface area is 216 Å².